The predicted octanol–water partition coefficient (Wildman–Crippen LogP) is 5.01. The van der Waals surface area contributed by atoms with E-state index in [4.69, 9.17) is 0 Å². The first kappa shape index (κ1) is 21.8. The van der Waals surface area contributed by atoms with E-state index in [2.05, 4.69) is 15.5 Å². The average molecular weight is 447 g/mol. The summed E-state index contributed by atoms with van der Waals surface area (Å²) in [7, 11) is 0. The molecule has 0 radical (unpaired) electrons. The van der Waals surface area contributed by atoms with Crippen LogP contribution in [0.15, 0.2) is 83.8 Å². The molecule has 3 aromatic carbocycles. The molecule has 32 heavy (non-hydrogen) atoms. The third kappa shape index (κ3) is 5.42. The van der Waals surface area contributed by atoms with Crippen LogP contribution < -0.4 is 15.5 Å². The summed E-state index contributed by atoms with van der Waals surface area (Å²) in [5, 5.41) is 5.70. The van der Waals surface area contributed by atoms with Crippen molar-refractivity contribution < 1.29 is 9.59 Å². The van der Waals surface area contributed by atoms with Crippen LogP contribution in [-0.2, 0) is 0 Å². The zero-order valence-electron chi connectivity index (χ0n) is 18.0. The van der Waals surface area contributed by atoms with Gasteiger partial charge in [-0.25, -0.2) is 4.79 Å². The van der Waals surface area contributed by atoms with Crippen LogP contribution in [0.5, 0.6) is 0 Å². The molecule has 1 aliphatic rings. The fraction of sp³-hybridized carbons (Fsp3) is 0.200. The quantitative estimate of drug-likeness (QED) is 0.541. The Kier molecular flexibility index (Phi) is 6.97. The van der Waals surface area contributed by atoms with Crippen LogP contribution in [0, 0.1) is 0 Å². The number of rotatable bonds is 5. The smallest absolute Gasteiger partial charge is 0.323 e. The first-order valence-corrected chi connectivity index (χ1v) is 11.8. The summed E-state index contributed by atoms with van der Waals surface area (Å²) in [4.78, 5) is 30.2. The van der Waals surface area contributed by atoms with Gasteiger partial charge in [0.1, 0.15) is 0 Å². The molecule has 1 saturated heterocycles. The molecule has 0 atom stereocenters. The number of nitrogens with zero attached hydrogens (tertiary/aromatic N) is 2. The molecule has 0 aromatic heterocycles. The van der Waals surface area contributed by atoms with E-state index in [9.17, 15) is 9.59 Å². The Morgan fingerprint density at radius 1 is 0.750 bits per heavy atom. The van der Waals surface area contributed by atoms with E-state index in [1.54, 1.807) is 11.8 Å². The maximum Gasteiger partial charge on any atom is 0.323 e. The fourth-order valence-corrected chi connectivity index (χ4v) is 4.06. The average Bonchev–Trinajstić information content (AvgIpc) is 2.85. The van der Waals surface area contributed by atoms with Crippen molar-refractivity contribution in [2.45, 2.75) is 4.90 Å². The van der Waals surface area contributed by atoms with E-state index in [0.29, 0.717) is 13.1 Å². The third-order valence-corrected chi connectivity index (χ3v) is 6.17. The number of anilines is 3. The maximum absolute atomic E-state index is 12.6. The molecule has 2 N–H and O–H groups in total. The van der Waals surface area contributed by atoms with E-state index < -0.39 is 0 Å². The zero-order valence-corrected chi connectivity index (χ0v) is 18.8. The summed E-state index contributed by atoms with van der Waals surface area (Å²) >= 11 is 1.66. The molecule has 3 aromatic rings. The van der Waals surface area contributed by atoms with Gasteiger partial charge in [0, 0.05) is 53.7 Å². The van der Waals surface area contributed by atoms with Crippen molar-refractivity contribution in [3.63, 3.8) is 0 Å². The van der Waals surface area contributed by atoms with Gasteiger partial charge in [0.25, 0.3) is 5.91 Å². The molecule has 0 unspecified atom stereocenters. The largest absolute Gasteiger partial charge is 0.368 e. The minimum absolute atomic E-state index is 0.0823. The highest BCUT2D eigenvalue weighted by Crippen LogP contribution is 2.21. The molecule has 1 heterocycles. The van der Waals surface area contributed by atoms with Gasteiger partial charge in [0.05, 0.1) is 0 Å². The Hall–Kier alpha value is -3.45. The molecule has 3 amide bonds. The van der Waals surface area contributed by atoms with E-state index in [-0.39, 0.29) is 11.9 Å². The number of carbonyl (C=O) groups excluding carboxylic acids is 2. The second-order valence-electron chi connectivity index (χ2n) is 7.50. The van der Waals surface area contributed by atoms with E-state index >= 15 is 0 Å². The number of benzene rings is 3. The minimum Gasteiger partial charge on any atom is -0.368 e. The van der Waals surface area contributed by atoms with Crippen molar-refractivity contribution in [1.29, 1.82) is 0 Å². The molecule has 164 valence electrons. The number of piperazine rings is 1. The van der Waals surface area contributed by atoms with Crippen LogP contribution in [0.3, 0.4) is 0 Å². The molecule has 7 heteroatoms. The number of carbonyl (C=O) groups is 2. The van der Waals surface area contributed by atoms with Crippen molar-refractivity contribution in [2.24, 2.45) is 0 Å². The Labute approximate surface area is 192 Å². The highest BCUT2D eigenvalue weighted by Gasteiger charge is 2.22. The van der Waals surface area contributed by atoms with Crippen LogP contribution in [0.4, 0.5) is 21.9 Å². The lowest BCUT2D eigenvalue weighted by molar-refractivity contribution is 0.0747. The summed E-state index contributed by atoms with van der Waals surface area (Å²) < 4.78 is 0. The van der Waals surface area contributed by atoms with E-state index in [1.807, 2.05) is 90.0 Å². The van der Waals surface area contributed by atoms with Gasteiger partial charge >= 0.3 is 6.03 Å². The first-order chi connectivity index (χ1) is 15.6. The van der Waals surface area contributed by atoms with Crippen LogP contribution in [-0.4, -0.2) is 49.3 Å². The summed E-state index contributed by atoms with van der Waals surface area (Å²) in [6.45, 7) is 2.92. The van der Waals surface area contributed by atoms with Crippen LogP contribution >= 0.6 is 11.8 Å². The van der Waals surface area contributed by atoms with Crippen LogP contribution in [0.1, 0.15) is 10.4 Å². The Morgan fingerprint density at radius 3 is 1.88 bits per heavy atom. The number of urea groups is 1. The zero-order chi connectivity index (χ0) is 22.3. The monoisotopic (exact) mass is 446 g/mol. The third-order valence-electron chi connectivity index (χ3n) is 5.43. The fourth-order valence-electron chi connectivity index (χ4n) is 3.65. The highest BCUT2D eigenvalue weighted by molar-refractivity contribution is 7.98. The van der Waals surface area contributed by atoms with Crippen molar-refractivity contribution in [3.05, 3.63) is 84.4 Å². The standard InChI is InChI=1S/C25H26N4O2S/c1-32-23-13-9-21(10-14-23)27-25(31)26-20-7-11-22(12-8-20)28-15-17-29(18-16-28)24(30)19-5-3-2-4-6-19/h2-14H,15-18H2,1H3,(H2,26,27,31). The second kappa shape index (κ2) is 10.2. The summed E-state index contributed by atoms with van der Waals surface area (Å²) in [6.07, 6.45) is 2.02. The number of hydrogen-bond donors (Lipinski definition) is 2. The van der Waals surface area contributed by atoms with Gasteiger partial charge in [-0.3, -0.25) is 4.79 Å². The molecule has 0 saturated carbocycles. The van der Waals surface area contributed by atoms with Gasteiger partial charge in [0.2, 0.25) is 0 Å². The number of hydrogen-bond acceptors (Lipinski definition) is 4. The van der Waals surface area contributed by atoms with Gasteiger partial charge in [-0.1, -0.05) is 18.2 Å². The highest BCUT2D eigenvalue weighted by atomic mass is 32.2. The van der Waals surface area contributed by atoms with Crippen LogP contribution in [0.25, 0.3) is 0 Å². The molecule has 4 rings (SSSR count). The molecule has 0 spiro atoms. The Bertz CT molecular complexity index is 1050. The maximum atomic E-state index is 12.6. The van der Waals surface area contributed by atoms with Gasteiger partial charge in [-0.2, -0.15) is 0 Å². The summed E-state index contributed by atoms with van der Waals surface area (Å²) in [5.41, 5.74) is 3.29. The van der Waals surface area contributed by atoms with E-state index in [0.717, 1.165) is 40.6 Å². The van der Waals surface area contributed by atoms with Crippen LogP contribution in [0.2, 0.25) is 0 Å². The Balaban J connectivity index is 1.28. The SMILES string of the molecule is CSc1ccc(NC(=O)Nc2ccc(N3CCN(C(=O)c4ccccc4)CC3)cc2)cc1. The molecule has 1 aliphatic heterocycles. The molecule has 0 bridgehead atoms. The predicted molar refractivity (Wildman–Crippen MR) is 132 cm³/mol. The topological polar surface area (TPSA) is 64.7 Å². The summed E-state index contributed by atoms with van der Waals surface area (Å²) in [6, 6.07) is 24.6. The molecular weight excluding hydrogens is 420 g/mol. The lowest BCUT2D eigenvalue weighted by Crippen LogP contribution is -2.48. The van der Waals surface area contributed by atoms with Crippen molar-refractivity contribution in [1.82, 2.24) is 4.90 Å². The van der Waals surface area contributed by atoms with Crippen molar-refractivity contribution >= 4 is 40.8 Å². The summed E-state index contributed by atoms with van der Waals surface area (Å²) in [5.74, 6) is 0.0823. The normalized spacial score (nSPS) is 13.5. The minimum atomic E-state index is -0.275. The number of thioether (sulfide) groups is 1. The van der Waals surface area contributed by atoms with Gasteiger partial charge in [-0.05, 0) is 66.9 Å². The van der Waals surface area contributed by atoms with E-state index in [1.165, 1.54) is 0 Å². The second-order valence-corrected chi connectivity index (χ2v) is 8.38. The van der Waals surface area contributed by atoms with Gasteiger partial charge in [0.15, 0.2) is 0 Å². The molecule has 1 fully saturated rings. The van der Waals surface area contributed by atoms with Crippen molar-refractivity contribution in [3.8, 4) is 0 Å². The molecule has 6 nitrogen and oxygen atoms in total. The molecular formula is C25H26N4O2S. The Morgan fingerprint density at radius 2 is 1.31 bits per heavy atom. The van der Waals surface area contributed by atoms with Gasteiger partial charge < -0.3 is 20.4 Å². The lowest BCUT2D eigenvalue weighted by atomic mass is 10.1. The first-order valence-electron chi connectivity index (χ1n) is 10.5. The number of amides is 3. The van der Waals surface area contributed by atoms with Gasteiger partial charge in [-0.15, -0.1) is 11.8 Å². The molecule has 0 aliphatic carbocycles. The van der Waals surface area contributed by atoms with Crippen molar-refractivity contribution in [2.75, 3.05) is 48.0 Å². The number of nitrogens with one attached hydrogen (secondary N) is 2. The lowest BCUT2D eigenvalue weighted by Gasteiger charge is -2.36.